The molecular formula is C42H24N4S. The summed E-state index contributed by atoms with van der Waals surface area (Å²) in [5.74, 6) is 0. The number of nitriles is 1. The number of hydrogen-bond donors (Lipinski definition) is 0. The first-order valence-corrected chi connectivity index (χ1v) is 16.4. The predicted octanol–water partition coefficient (Wildman–Crippen LogP) is 11.2. The molecule has 0 saturated heterocycles. The summed E-state index contributed by atoms with van der Waals surface area (Å²) in [7, 11) is 0. The summed E-state index contributed by atoms with van der Waals surface area (Å²) in [5, 5.41) is 16.8. The van der Waals surface area contributed by atoms with Crippen LogP contribution in [0.15, 0.2) is 146 Å². The van der Waals surface area contributed by atoms with Gasteiger partial charge in [-0.05, 0) is 77.9 Å². The maximum Gasteiger partial charge on any atom is 0.0991 e. The van der Waals surface area contributed by atoms with Gasteiger partial charge in [-0.3, -0.25) is 4.98 Å². The number of rotatable bonds is 3. The Hall–Kier alpha value is -6.22. The second-order valence-corrected chi connectivity index (χ2v) is 13.0. The molecule has 0 unspecified atom stereocenters. The third-order valence-corrected chi connectivity index (χ3v) is 10.6. The van der Waals surface area contributed by atoms with Gasteiger partial charge in [0.15, 0.2) is 0 Å². The van der Waals surface area contributed by atoms with Crippen LogP contribution in [0.5, 0.6) is 0 Å². The highest BCUT2D eigenvalue weighted by atomic mass is 32.1. The Kier molecular flexibility index (Phi) is 5.48. The molecule has 0 saturated carbocycles. The van der Waals surface area contributed by atoms with E-state index in [4.69, 9.17) is 0 Å². The molecule has 10 rings (SSSR count). The van der Waals surface area contributed by atoms with Crippen LogP contribution in [0.4, 0.5) is 0 Å². The van der Waals surface area contributed by atoms with Gasteiger partial charge in [0, 0.05) is 59.3 Å². The van der Waals surface area contributed by atoms with Crippen LogP contribution in [-0.4, -0.2) is 14.1 Å². The number of thiophene rings is 1. The van der Waals surface area contributed by atoms with Crippen molar-refractivity contribution in [2.24, 2.45) is 0 Å². The molecule has 6 aromatic carbocycles. The molecule has 5 heteroatoms. The maximum absolute atomic E-state index is 9.59. The number of hydrogen-bond acceptors (Lipinski definition) is 3. The van der Waals surface area contributed by atoms with E-state index in [0.717, 1.165) is 49.8 Å². The van der Waals surface area contributed by atoms with Gasteiger partial charge in [0.05, 0.1) is 39.9 Å². The van der Waals surface area contributed by atoms with Crippen LogP contribution in [0, 0.1) is 11.3 Å². The average Bonchev–Trinajstić information content (AvgIpc) is 3.79. The quantitative estimate of drug-likeness (QED) is 0.198. The van der Waals surface area contributed by atoms with E-state index in [1.54, 1.807) is 0 Å². The monoisotopic (exact) mass is 616 g/mol. The molecule has 0 fully saturated rings. The number of nitrogens with zero attached hydrogens (tertiary/aromatic N) is 4. The van der Waals surface area contributed by atoms with Gasteiger partial charge in [-0.2, -0.15) is 5.26 Å². The minimum absolute atomic E-state index is 0.666. The Labute approximate surface area is 273 Å². The van der Waals surface area contributed by atoms with Crippen LogP contribution in [0.25, 0.3) is 86.3 Å². The summed E-state index contributed by atoms with van der Waals surface area (Å²) in [6.07, 6.45) is 3.88. The van der Waals surface area contributed by atoms with Crippen LogP contribution in [0.2, 0.25) is 0 Å². The zero-order chi connectivity index (χ0) is 31.1. The summed E-state index contributed by atoms with van der Waals surface area (Å²) in [5.41, 5.74) is 9.63. The van der Waals surface area contributed by atoms with Gasteiger partial charge < -0.3 is 9.13 Å². The van der Waals surface area contributed by atoms with Gasteiger partial charge in [0.2, 0.25) is 0 Å². The van der Waals surface area contributed by atoms with E-state index in [9.17, 15) is 5.26 Å². The minimum atomic E-state index is 0.666. The van der Waals surface area contributed by atoms with E-state index < -0.39 is 0 Å². The van der Waals surface area contributed by atoms with Crippen molar-refractivity contribution in [3.05, 3.63) is 151 Å². The van der Waals surface area contributed by atoms with Crippen LogP contribution in [0.1, 0.15) is 5.56 Å². The molecule has 0 spiro atoms. The van der Waals surface area contributed by atoms with Gasteiger partial charge in [-0.15, -0.1) is 11.3 Å². The van der Waals surface area contributed by atoms with E-state index in [1.807, 2.05) is 35.9 Å². The third kappa shape index (κ3) is 3.77. The normalized spacial score (nSPS) is 11.8. The summed E-state index contributed by atoms with van der Waals surface area (Å²) < 4.78 is 7.28. The van der Waals surface area contributed by atoms with E-state index >= 15 is 0 Å². The smallest absolute Gasteiger partial charge is 0.0991 e. The Morgan fingerprint density at radius 3 is 2.09 bits per heavy atom. The summed E-state index contributed by atoms with van der Waals surface area (Å²) in [6, 6.07) is 49.6. The molecule has 4 heterocycles. The number of fused-ring (bicyclic) bond motifs is 10. The van der Waals surface area contributed by atoms with Crippen molar-refractivity contribution in [1.29, 1.82) is 5.26 Å². The van der Waals surface area contributed by atoms with Crippen molar-refractivity contribution >= 4 is 75.1 Å². The van der Waals surface area contributed by atoms with Gasteiger partial charge in [-0.1, -0.05) is 66.7 Å². The average molecular weight is 617 g/mol. The molecule has 0 aliphatic rings. The van der Waals surface area contributed by atoms with Crippen molar-refractivity contribution < 1.29 is 0 Å². The number of pyridine rings is 1. The summed E-state index contributed by atoms with van der Waals surface area (Å²) in [6.45, 7) is 0. The Morgan fingerprint density at radius 1 is 0.532 bits per heavy atom. The van der Waals surface area contributed by atoms with Crippen molar-refractivity contribution in [3.8, 4) is 28.6 Å². The third-order valence-electron chi connectivity index (χ3n) is 9.41. The lowest BCUT2D eigenvalue weighted by molar-refractivity contribution is 1.17. The standard InChI is InChI=1S/C42H24N4S/c43-24-26-15-17-37-35(21-26)31-11-1-3-13-36(31)45(37)29-9-5-7-27(22-29)28-8-6-10-30(23-28)46-38-25-44-20-19-32(38)33-16-18-40-41(42(33)46)34-12-2-4-14-39(34)47-40/h1-23,25H. The first kappa shape index (κ1) is 26.0. The second kappa shape index (κ2) is 9.89. The van der Waals surface area contributed by atoms with Crippen molar-refractivity contribution in [2.75, 3.05) is 0 Å². The molecule has 0 aliphatic carbocycles. The summed E-state index contributed by atoms with van der Waals surface area (Å²) in [4.78, 5) is 4.57. The maximum atomic E-state index is 9.59. The Morgan fingerprint density at radius 2 is 1.26 bits per heavy atom. The van der Waals surface area contributed by atoms with E-state index in [0.29, 0.717) is 5.56 Å². The number of benzene rings is 6. The first-order valence-electron chi connectivity index (χ1n) is 15.6. The molecule has 47 heavy (non-hydrogen) atoms. The van der Waals surface area contributed by atoms with E-state index in [1.165, 1.54) is 36.5 Å². The molecule has 0 radical (unpaired) electrons. The van der Waals surface area contributed by atoms with Crippen molar-refractivity contribution in [3.63, 3.8) is 0 Å². The predicted molar refractivity (Wildman–Crippen MR) is 196 cm³/mol. The Bertz CT molecular complexity index is 2930. The molecule has 0 aliphatic heterocycles. The molecule has 10 aromatic rings. The number of aromatic nitrogens is 3. The van der Waals surface area contributed by atoms with E-state index in [2.05, 4.69) is 142 Å². The second-order valence-electron chi connectivity index (χ2n) is 12.0. The van der Waals surface area contributed by atoms with Gasteiger partial charge >= 0.3 is 0 Å². The molecule has 0 amide bonds. The zero-order valence-corrected chi connectivity index (χ0v) is 25.9. The first-order chi connectivity index (χ1) is 23.3. The summed E-state index contributed by atoms with van der Waals surface area (Å²) >= 11 is 1.85. The lowest BCUT2D eigenvalue weighted by atomic mass is 10.0. The number of para-hydroxylation sites is 1. The molecule has 0 atom stereocenters. The van der Waals surface area contributed by atoms with Gasteiger partial charge in [-0.25, -0.2) is 0 Å². The molecular weight excluding hydrogens is 593 g/mol. The van der Waals surface area contributed by atoms with Crippen LogP contribution in [0.3, 0.4) is 0 Å². The molecule has 4 nitrogen and oxygen atoms in total. The van der Waals surface area contributed by atoms with Crippen LogP contribution < -0.4 is 0 Å². The fourth-order valence-electron chi connectivity index (χ4n) is 7.40. The lowest BCUT2D eigenvalue weighted by Gasteiger charge is -2.13. The molecule has 0 N–H and O–H groups in total. The zero-order valence-electron chi connectivity index (χ0n) is 25.1. The molecule has 0 bridgehead atoms. The highest BCUT2D eigenvalue weighted by Crippen LogP contribution is 2.43. The van der Waals surface area contributed by atoms with Crippen molar-refractivity contribution in [2.45, 2.75) is 0 Å². The minimum Gasteiger partial charge on any atom is -0.309 e. The molecule has 218 valence electrons. The lowest BCUT2D eigenvalue weighted by Crippen LogP contribution is -1.96. The van der Waals surface area contributed by atoms with Gasteiger partial charge in [0.1, 0.15) is 0 Å². The highest BCUT2D eigenvalue weighted by molar-refractivity contribution is 7.26. The fourth-order valence-corrected chi connectivity index (χ4v) is 8.51. The Balaban J connectivity index is 1.20. The molecule has 4 aromatic heterocycles. The topological polar surface area (TPSA) is 46.5 Å². The fraction of sp³-hybridized carbons (Fsp3) is 0. The van der Waals surface area contributed by atoms with E-state index in [-0.39, 0.29) is 0 Å². The van der Waals surface area contributed by atoms with Crippen LogP contribution >= 0.6 is 11.3 Å². The highest BCUT2D eigenvalue weighted by Gasteiger charge is 2.19. The van der Waals surface area contributed by atoms with Gasteiger partial charge in [0.25, 0.3) is 0 Å². The largest absolute Gasteiger partial charge is 0.309 e. The van der Waals surface area contributed by atoms with Crippen LogP contribution in [-0.2, 0) is 0 Å². The SMILES string of the molecule is N#Cc1ccc2c(c1)c1ccccc1n2-c1cccc(-c2cccc(-n3c4cnccc4c4ccc5sc6ccccc6c5c43)c2)c1. The van der Waals surface area contributed by atoms with Crippen molar-refractivity contribution in [1.82, 2.24) is 14.1 Å².